The number of carbonyl (C=O) groups excluding carboxylic acids is 2. The second kappa shape index (κ2) is 6.09. The molecule has 6 heteroatoms. The molecule has 1 atom stereocenters. The van der Waals surface area contributed by atoms with Crippen LogP contribution in [0.15, 0.2) is 60.7 Å². The Morgan fingerprint density at radius 2 is 1.72 bits per heavy atom. The first kappa shape index (κ1) is 17.8. The number of carbonyl (C=O) groups is 2. The third kappa shape index (κ3) is 2.41. The van der Waals surface area contributed by atoms with Crippen molar-refractivity contribution in [1.29, 1.82) is 0 Å². The summed E-state index contributed by atoms with van der Waals surface area (Å²) in [6.07, 6.45) is 0. The molecule has 2 amide bonds. The van der Waals surface area contributed by atoms with Crippen LogP contribution in [0.5, 0.6) is 0 Å². The van der Waals surface area contributed by atoms with Gasteiger partial charge in [0, 0.05) is 27.6 Å². The summed E-state index contributed by atoms with van der Waals surface area (Å²) in [6, 6.07) is 18.4. The number of nitrogens with one attached hydrogen (secondary N) is 2. The maximum atomic E-state index is 13.7. The monoisotopic (exact) mass is 403 g/mol. The molecule has 0 radical (unpaired) electrons. The summed E-state index contributed by atoms with van der Waals surface area (Å²) in [5.41, 5.74) is 3.57. The van der Waals surface area contributed by atoms with Crippen LogP contribution in [0, 0.1) is 13.8 Å². The highest BCUT2D eigenvalue weighted by Crippen LogP contribution is 2.47. The van der Waals surface area contributed by atoms with E-state index < -0.39 is 5.66 Å². The molecule has 5 nitrogen and oxygen atoms in total. The molecule has 0 saturated carbocycles. The lowest BCUT2D eigenvalue weighted by Gasteiger charge is -2.44. The van der Waals surface area contributed by atoms with Crippen LogP contribution < -0.4 is 15.5 Å². The minimum absolute atomic E-state index is 0.260. The lowest BCUT2D eigenvalue weighted by Crippen LogP contribution is -2.61. The third-order valence-corrected chi connectivity index (χ3v) is 5.97. The molecule has 0 aromatic heterocycles. The molecule has 144 valence electrons. The summed E-state index contributed by atoms with van der Waals surface area (Å²) in [5, 5.41) is 6.84. The summed E-state index contributed by atoms with van der Waals surface area (Å²) < 4.78 is 0. The first-order chi connectivity index (χ1) is 13.9. The minimum atomic E-state index is -1.40. The molecule has 0 fully saturated rings. The van der Waals surface area contributed by atoms with Crippen LogP contribution in [-0.2, 0) is 10.5 Å². The Labute approximate surface area is 173 Å². The van der Waals surface area contributed by atoms with Crippen molar-refractivity contribution in [2.75, 3.05) is 15.5 Å². The molecule has 1 spiro atoms. The molecular formula is C23H18ClN3O2. The number of aryl methyl sites for hydroxylation is 2. The lowest BCUT2D eigenvalue weighted by molar-refractivity contribution is -0.119. The predicted molar refractivity (Wildman–Crippen MR) is 115 cm³/mol. The molecule has 3 aromatic carbocycles. The van der Waals surface area contributed by atoms with Crippen LogP contribution in [0.4, 0.5) is 17.1 Å². The molecule has 5 rings (SSSR count). The molecule has 0 aliphatic carbocycles. The van der Waals surface area contributed by atoms with Crippen molar-refractivity contribution in [1.82, 2.24) is 0 Å². The number of rotatable bonds is 1. The number of hydrogen-bond donors (Lipinski definition) is 2. The number of amides is 2. The fourth-order valence-electron chi connectivity index (χ4n) is 4.08. The van der Waals surface area contributed by atoms with Crippen molar-refractivity contribution in [3.63, 3.8) is 0 Å². The van der Waals surface area contributed by atoms with E-state index in [9.17, 15) is 9.59 Å². The van der Waals surface area contributed by atoms with E-state index in [4.69, 9.17) is 11.6 Å². The van der Waals surface area contributed by atoms with Gasteiger partial charge in [0.1, 0.15) is 0 Å². The average Bonchev–Trinajstić information content (AvgIpc) is 2.96. The largest absolute Gasteiger partial charge is 0.350 e. The van der Waals surface area contributed by atoms with Gasteiger partial charge in [0.2, 0.25) is 5.66 Å². The fraction of sp³-hybridized carbons (Fsp3) is 0.130. The third-order valence-electron chi connectivity index (χ3n) is 5.57. The van der Waals surface area contributed by atoms with Gasteiger partial charge in [-0.05, 0) is 55.8 Å². The summed E-state index contributed by atoms with van der Waals surface area (Å²) >= 11 is 6.38. The zero-order chi connectivity index (χ0) is 20.3. The molecule has 29 heavy (non-hydrogen) atoms. The van der Waals surface area contributed by atoms with Crippen LogP contribution in [0.1, 0.15) is 27.0 Å². The summed E-state index contributed by atoms with van der Waals surface area (Å²) in [4.78, 5) is 28.6. The maximum absolute atomic E-state index is 13.7. The van der Waals surface area contributed by atoms with Gasteiger partial charge in [-0.1, -0.05) is 41.4 Å². The van der Waals surface area contributed by atoms with E-state index >= 15 is 0 Å². The first-order valence-corrected chi connectivity index (χ1v) is 9.70. The number of anilines is 3. The molecule has 0 saturated heterocycles. The molecular weight excluding hydrogens is 386 g/mol. The van der Waals surface area contributed by atoms with Gasteiger partial charge in [0.25, 0.3) is 11.8 Å². The summed E-state index contributed by atoms with van der Waals surface area (Å²) in [6.45, 7) is 3.86. The van der Waals surface area contributed by atoms with E-state index in [1.165, 1.54) is 4.90 Å². The zero-order valence-corrected chi connectivity index (χ0v) is 16.7. The Morgan fingerprint density at radius 1 is 0.931 bits per heavy atom. The van der Waals surface area contributed by atoms with E-state index in [0.29, 0.717) is 33.2 Å². The minimum Gasteiger partial charge on any atom is -0.350 e. The highest BCUT2D eigenvalue weighted by Gasteiger charge is 2.57. The smallest absolute Gasteiger partial charge is 0.276 e. The molecule has 3 aromatic rings. The molecule has 0 unspecified atom stereocenters. The Kier molecular flexibility index (Phi) is 3.73. The topological polar surface area (TPSA) is 61.4 Å². The number of para-hydroxylation sites is 1. The van der Waals surface area contributed by atoms with Crippen molar-refractivity contribution >= 4 is 40.5 Å². The van der Waals surface area contributed by atoms with Crippen molar-refractivity contribution in [2.45, 2.75) is 19.5 Å². The van der Waals surface area contributed by atoms with Gasteiger partial charge in [0.15, 0.2) is 0 Å². The number of fused-ring (bicyclic) bond motifs is 3. The van der Waals surface area contributed by atoms with Gasteiger partial charge < -0.3 is 10.6 Å². The highest BCUT2D eigenvalue weighted by molar-refractivity contribution is 6.32. The van der Waals surface area contributed by atoms with Gasteiger partial charge >= 0.3 is 0 Å². The standard InChI is InChI=1S/C23H18ClN3O2/c1-13-7-10-20-17(11-13)23(22(29)25-20)26-19-6-4-3-5-16(19)21(28)27(23)15-9-8-14(2)18(24)12-15/h3-12,26H,1-2H3,(H,25,29)/t23-/m1/s1. The van der Waals surface area contributed by atoms with Crippen LogP contribution >= 0.6 is 11.6 Å². The second-order valence-electron chi connectivity index (χ2n) is 7.46. The van der Waals surface area contributed by atoms with Crippen LogP contribution in [0.2, 0.25) is 5.02 Å². The van der Waals surface area contributed by atoms with E-state index in [-0.39, 0.29) is 11.8 Å². The Morgan fingerprint density at radius 3 is 2.52 bits per heavy atom. The molecule has 2 aliphatic rings. The Balaban J connectivity index is 1.83. The molecule has 0 bridgehead atoms. The van der Waals surface area contributed by atoms with Crippen molar-refractivity contribution < 1.29 is 9.59 Å². The van der Waals surface area contributed by atoms with Gasteiger partial charge in [-0.25, -0.2) is 0 Å². The summed E-state index contributed by atoms with van der Waals surface area (Å²) in [5.74, 6) is -0.568. The normalized spacial score (nSPS) is 19.6. The number of benzene rings is 3. The average molecular weight is 404 g/mol. The highest BCUT2D eigenvalue weighted by atomic mass is 35.5. The van der Waals surface area contributed by atoms with Gasteiger partial charge in [-0.2, -0.15) is 0 Å². The zero-order valence-electron chi connectivity index (χ0n) is 15.9. The van der Waals surface area contributed by atoms with Gasteiger partial charge in [-0.3, -0.25) is 14.5 Å². The lowest BCUT2D eigenvalue weighted by atomic mass is 9.91. The SMILES string of the molecule is Cc1ccc2c(c1)[C@]1(Nc3ccccc3C(=O)N1c1ccc(C)c(Cl)c1)C(=O)N2. The number of hydrogen-bond acceptors (Lipinski definition) is 3. The van der Waals surface area contributed by atoms with E-state index in [1.807, 2.05) is 62.4 Å². The Bertz CT molecular complexity index is 1210. The van der Waals surface area contributed by atoms with Crippen molar-refractivity contribution in [2.24, 2.45) is 0 Å². The van der Waals surface area contributed by atoms with Gasteiger partial charge in [0.05, 0.1) is 5.56 Å². The van der Waals surface area contributed by atoms with E-state index in [0.717, 1.165) is 11.1 Å². The summed E-state index contributed by atoms with van der Waals surface area (Å²) in [7, 11) is 0. The Hall–Kier alpha value is -3.31. The predicted octanol–water partition coefficient (Wildman–Crippen LogP) is 4.83. The van der Waals surface area contributed by atoms with Crippen molar-refractivity contribution in [3.05, 3.63) is 87.9 Å². The van der Waals surface area contributed by atoms with Gasteiger partial charge in [-0.15, -0.1) is 0 Å². The number of halogens is 1. The number of nitrogens with zero attached hydrogens (tertiary/aromatic N) is 1. The van der Waals surface area contributed by atoms with E-state index in [1.54, 1.807) is 12.1 Å². The molecule has 2 heterocycles. The quantitative estimate of drug-likeness (QED) is 0.611. The van der Waals surface area contributed by atoms with Crippen LogP contribution in [-0.4, -0.2) is 11.8 Å². The van der Waals surface area contributed by atoms with Crippen molar-refractivity contribution in [3.8, 4) is 0 Å². The molecule has 2 N–H and O–H groups in total. The maximum Gasteiger partial charge on any atom is 0.276 e. The second-order valence-corrected chi connectivity index (χ2v) is 7.87. The van der Waals surface area contributed by atoms with E-state index in [2.05, 4.69) is 10.6 Å². The molecule has 2 aliphatic heterocycles. The fourth-order valence-corrected chi connectivity index (χ4v) is 4.26. The van der Waals surface area contributed by atoms with Crippen LogP contribution in [0.3, 0.4) is 0 Å². The van der Waals surface area contributed by atoms with Crippen LogP contribution in [0.25, 0.3) is 0 Å². The first-order valence-electron chi connectivity index (χ1n) is 9.32.